The predicted molar refractivity (Wildman–Crippen MR) is 121 cm³/mol. The van der Waals surface area contributed by atoms with Crippen LogP contribution in [0.25, 0.3) is 10.9 Å². The lowest BCUT2D eigenvalue weighted by Gasteiger charge is -2.32. The molecule has 1 aromatic heterocycles. The van der Waals surface area contributed by atoms with E-state index in [4.69, 9.17) is 5.73 Å². The van der Waals surface area contributed by atoms with Crippen LogP contribution in [-0.4, -0.2) is 20.1 Å². The Morgan fingerprint density at radius 2 is 1.43 bits per heavy atom. The fourth-order valence-corrected chi connectivity index (χ4v) is 4.35. The van der Waals surface area contributed by atoms with E-state index in [1.54, 1.807) is 36.4 Å². The Bertz CT molecular complexity index is 1200. The summed E-state index contributed by atoms with van der Waals surface area (Å²) in [6.07, 6.45) is 0. The molecule has 3 aromatic carbocycles. The maximum absolute atomic E-state index is 12.1. The third kappa shape index (κ3) is 4.06. The molecule has 0 aliphatic carbocycles. The number of anilines is 3. The Balaban J connectivity index is 1.54. The fraction of sp³-hybridized carbons (Fsp3) is 0. The molecule has 7 nitrogen and oxygen atoms in total. The molecular weight excluding hydrogens is 400 g/mol. The molecule has 0 bridgehead atoms. The molecule has 152 valence electrons. The molecule has 4 aromatic rings. The van der Waals surface area contributed by atoms with E-state index >= 15 is 0 Å². The number of amides is 2. The third-order valence-corrected chi connectivity index (χ3v) is 6.25. The Morgan fingerprint density at radius 3 is 2.13 bits per heavy atom. The summed E-state index contributed by atoms with van der Waals surface area (Å²) in [5, 5.41) is 6.26. The number of rotatable bonds is 4. The topological polar surface area (TPSA) is 120 Å². The van der Waals surface area contributed by atoms with Gasteiger partial charge in [0.2, 0.25) is 0 Å². The molecule has 30 heavy (non-hydrogen) atoms. The number of nitrogens with one attached hydrogen (secondary N) is 2. The lowest BCUT2D eigenvalue weighted by atomic mass is 10.2. The normalized spacial score (nSPS) is 11.8. The quantitative estimate of drug-likeness (QED) is 0.293. The number of carbonyl (C=O) groups excluding carboxylic acids is 1. The summed E-state index contributed by atoms with van der Waals surface area (Å²) < 4.78 is 21.7. The molecular formula is C22H20N4O3S. The maximum atomic E-state index is 12.1. The van der Waals surface area contributed by atoms with Gasteiger partial charge in [0.25, 0.3) is 0 Å². The van der Waals surface area contributed by atoms with E-state index in [0.717, 1.165) is 5.39 Å². The minimum Gasteiger partial charge on any atom is -0.396 e. The van der Waals surface area contributed by atoms with Gasteiger partial charge in [-0.15, -0.1) is 10.6 Å². The average Bonchev–Trinajstić information content (AvgIpc) is 2.74. The number of pyridine rings is 1. The zero-order chi connectivity index (χ0) is 21.1. The highest BCUT2D eigenvalue weighted by atomic mass is 32.3. The molecule has 1 heterocycles. The minimum absolute atomic E-state index is 0.0312. The summed E-state index contributed by atoms with van der Waals surface area (Å²) >= 11 is 0. The first-order valence-corrected chi connectivity index (χ1v) is 10.6. The molecule has 0 radical (unpaired) electrons. The molecule has 0 aliphatic heterocycles. The Kier molecular flexibility index (Phi) is 5.28. The van der Waals surface area contributed by atoms with Crippen molar-refractivity contribution in [2.75, 3.05) is 16.4 Å². The van der Waals surface area contributed by atoms with Crippen molar-refractivity contribution in [3.05, 3.63) is 84.9 Å². The van der Waals surface area contributed by atoms with Gasteiger partial charge < -0.3 is 16.4 Å². The summed E-state index contributed by atoms with van der Waals surface area (Å²) in [5.74, 6) is 0. The number of benzene rings is 3. The first-order valence-electron chi connectivity index (χ1n) is 9.10. The minimum atomic E-state index is -3.42. The van der Waals surface area contributed by atoms with Crippen molar-refractivity contribution in [2.24, 2.45) is 0 Å². The van der Waals surface area contributed by atoms with Crippen molar-refractivity contribution >= 4 is 44.6 Å². The van der Waals surface area contributed by atoms with Crippen LogP contribution in [0.2, 0.25) is 0 Å². The lowest BCUT2D eigenvalue weighted by Crippen LogP contribution is -2.19. The maximum Gasteiger partial charge on any atom is 0.323 e. The fourth-order valence-electron chi connectivity index (χ4n) is 3.00. The van der Waals surface area contributed by atoms with Crippen molar-refractivity contribution < 1.29 is 13.9 Å². The monoisotopic (exact) mass is 420 g/mol. The number of hydrogen-bond acceptors (Lipinski definition) is 5. The number of nitrogens with two attached hydrogens (primary N) is 1. The van der Waals surface area contributed by atoms with E-state index in [-0.39, 0.29) is 15.6 Å². The molecule has 6 N–H and O–H groups in total. The smallest absolute Gasteiger partial charge is 0.323 e. The van der Waals surface area contributed by atoms with Crippen molar-refractivity contribution in [3.8, 4) is 0 Å². The second-order valence-corrected chi connectivity index (χ2v) is 8.55. The summed E-state index contributed by atoms with van der Waals surface area (Å²) in [5.41, 5.74) is 8.05. The van der Waals surface area contributed by atoms with Crippen molar-refractivity contribution in [1.29, 1.82) is 0 Å². The van der Waals surface area contributed by atoms with Crippen LogP contribution in [0, 0.1) is 0 Å². The molecule has 0 fully saturated rings. The molecule has 4 rings (SSSR count). The summed E-state index contributed by atoms with van der Waals surface area (Å²) in [4.78, 5) is 16.7. The van der Waals surface area contributed by atoms with Crippen molar-refractivity contribution in [2.45, 2.75) is 9.92 Å². The van der Waals surface area contributed by atoms with E-state index in [9.17, 15) is 13.9 Å². The number of carbonyl (C=O) groups is 1. The highest BCUT2D eigenvalue weighted by Gasteiger charge is 2.24. The average molecular weight is 420 g/mol. The predicted octanol–water partition coefficient (Wildman–Crippen LogP) is 5.63. The van der Waals surface area contributed by atoms with Crippen LogP contribution in [0.3, 0.4) is 0 Å². The largest absolute Gasteiger partial charge is 0.396 e. The van der Waals surface area contributed by atoms with Gasteiger partial charge in [-0.3, -0.25) is 9.11 Å². The van der Waals surface area contributed by atoms with Gasteiger partial charge in [0, 0.05) is 16.8 Å². The third-order valence-electron chi connectivity index (χ3n) is 4.46. The number of nitrogen functional groups attached to an aromatic ring is 1. The second-order valence-electron chi connectivity index (χ2n) is 6.59. The highest BCUT2D eigenvalue weighted by molar-refractivity contribution is 8.24. The van der Waals surface area contributed by atoms with Crippen LogP contribution in [0.4, 0.5) is 21.9 Å². The second kappa shape index (κ2) is 8.03. The van der Waals surface area contributed by atoms with Gasteiger partial charge in [0.05, 0.1) is 16.1 Å². The van der Waals surface area contributed by atoms with E-state index in [2.05, 4.69) is 15.6 Å². The standard InChI is InChI=1S/C22H20N4O3S/c23-19-14-15-6-4-5-9-20(15)26-21(19)30(28,29)18-12-10-17(11-13-18)25-22(27)24-16-7-2-1-3-8-16/h1-14,28-29H,23H2,(H2,24,25,27). The van der Waals surface area contributed by atoms with Gasteiger partial charge >= 0.3 is 6.03 Å². The van der Waals surface area contributed by atoms with E-state index in [0.29, 0.717) is 16.9 Å². The zero-order valence-electron chi connectivity index (χ0n) is 15.8. The zero-order valence-corrected chi connectivity index (χ0v) is 16.6. The van der Waals surface area contributed by atoms with E-state index in [1.165, 1.54) is 12.1 Å². The molecule has 2 amide bonds. The summed E-state index contributed by atoms with van der Waals surface area (Å²) in [7, 11) is -3.42. The van der Waals surface area contributed by atoms with Crippen LogP contribution in [-0.2, 0) is 0 Å². The molecule has 0 spiro atoms. The van der Waals surface area contributed by atoms with Gasteiger partial charge in [-0.2, -0.15) is 0 Å². The van der Waals surface area contributed by atoms with Crippen molar-refractivity contribution in [1.82, 2.24) is 4.98 Å². The van der Waals surface area contributed by atoms with Crippen LogP contribution in [0.15, 0.2) is 94.9 Å². The SMILES string of the molecule is Nc1cc2ccccc2nc1S(O)(O)c1ccc(NC(=O)Nc2ccccc2)cc1. The number of urea groups is 1. The van der Waals surface area contributed by atoms with Crippen LogP contribution < -0.4 is 16.4 Å². The van der Waals surface area contributed by atoms with Crippen molar-refractivity contribution in [3.63, 3.8) is 0 Å². The number of aromatic nitrogens is 1. The molecule has 0 unspecified atom stereocenters. The van der Waals surface area contributed by atoms with Gasteiger partial charge in [-0.1, -0.05) is 36.4 Å². The van der Waals surface area contributed by atoms with E-state index < -0.39 is 16.6 Å². The van der Waals surface area contributed by atoms with Crippen LogP contribution in [0.5, 0.6) is 0 Å². The summed E-state index contributed by atoms with van der Waals surface area (Å²) in [6, 6.07) is 23.9. The molecule has 0 atom stereocenters. The van der Waals surface area contributed by atoms with Gasteiger partial charge in [0.1, 0.15) is 0 Å². The number of hydrogen-bond donors (Lipinski definition) is 5. The first kappa shape index (κ1) is 19.7. The molecule has 8 heteroatoms. The highest BCUT2D eigenvalue weighted by Crippen LogP contribution is 2.57. The van der Waals surface area contributed by atoms with E-state index in [1.807, 2.05) is 36.4 Å². The first-order chi connectivity index (χ1) is 14.4. The van der Waals surface area contributed by atoms with Gasteiger partial charge in [-0.25, -0.2) is 9.78 Å². The van der Waals surface area contributed by atoms with Crippen LogP contribution in [0.1, 0.15) is 0 Å². The molecule has 0 saturated heterocycles. The lowest BCUT2D eigenvalue weighted by molar-refractivity contribution is 0.262. The number of para-hydroxylation sites is 2. The summed E-state index contributed by atoms with van der Waals surface area (Å²) in [6.45, 7) is 0. The number of fused-ring (bicyclic) bond motifs is 1. The Hall–Kier alpha value is -3.59. The molecule has 0 aliphatic rings. The van der Waals surface area contributed by atoms with Gasteiger partial charge in [-0.05, 0) is 48.5 Å². The van der Waals surface area contributed by atoms with Gasteiger partial charge in [0.15, 0.2) is 5.03 Å². The number of nitrogens with zero attached hydrogens (tertiary/aromatic N) is 1. The molecule has 0 saturated carbocycles. The Morgan fingerprint density at radius 1 is 0.833 bits per heavy atom. The Labute approximate surface area is 174 Å². The van der Waals surface area contributed by atoms with Crippen LogP contribution >= 0.6 is 10.6 Å².